The van der Waals surface area contributed by atoms with Gasteiger partial charge in [0.2, 0.25) is 0 Å². The van der Waals surface area contributed by atoms with Crippen LogP contribution in [0, 0.1) is 29.1 Å². The van der Waals surface area contributed by atoms with Crippen LogP contribution in [0.4, 0.5) is 17.1 Å². The van der Waals surface area contributed by atoms with Crippen LogP contribution in [0.2, 0.25) is 0 Å². The molecule has 1 heterocycles. The van der Waals surface area contributed by atoms with Crippen molar-refractivity contribution in [2.75, 3.05) is 4.90 Å². The Hall–Kier alpha value is -4.27. The van der Waals surface area contributed by atoms with Gasteiger partial charge in [-0.2, -0.15) is 0 Å². The van der Waals surface area contributed by atoms with Gasteiger partial charge >= 0.3 is 0 Å². The summed E-state index contributed by atoms with van der Waals surface area (Å²) in [6.45, 7) is 9.88. The third-order valence-electron chi connectivity index (χ3n) is 16.0. The molecule has 5 aliphatic carbocycles. The number of hydrogen-bond acceptors (Lipinski definition) is 2. The average Bonchev–Trinajstić information content (AvgIpc) is 3.72. The van der Waals surface area contributed by atoms with Crippen molar-refractivity contribution in [1.82, 2.24) is 0 Å². The van der Waals surface area contributed by atoms with Gasteiger partial charge in [-0.15, -0.1) is 0 Å². The van der Waals surface area contributed by atoms with Crippen LogP contribution in [-0.2, 0) is 16.2 Å². The maximum atomic E-state index is 2.68. The lowest BCUT2D eigenvalue weighted by Crippen LogP contribution is -2.74. The predicted molar refractivity (Wildman–Crippen MR) is 226 cm³/mol. The highest BCUT2D eigenvalue weighted by atomic mass is 32.2. The van der Waals surface area contributed by atoms with E-state index in [2.05, 4.69) is 160 Å². The van der Waals surface area contributed by atoms with Crippen molar-refractivity contribution in [3.8, 4) is 11.1 Å². The Morgan fingerprint density at radius 3 is 2.11 bits per heavy atom. The summed E-state index contributed by atoms with van der Waals surface area (Å²) in [6, 6.07) is 49.4. The van der Waals surface area contributed by atoms with Gasteiger partial charge in [-0.3, -0.25) is 0 Å². The minimum atomic E-state index is 0.0688. The smallest absolute Gasteiger partial charge is 0.0502 e. The van der Waals surface area contributed by atoms with E-state index in [0.29, 0.717) is 5.41 Å². The third-order valence-corrected chi connectivity index (χ3v) is 17.2. The van der Waals surface area contributed by atoms with Gasteiger partial charge in [0.1, 0.15) is 0 Å². The lowest BCUT2D eigenvalue weighted by Gasteiger charge is -2.78. The molecule has 54 heavy (non-hydrogen) atoms. The second kappa shape index (κ2) is 10.7. The average molecular weight is 720 g/mol. The fourth-order valence-electron chi connectivity index (χ4n) is 13.7. The van der Waals surface area contributed by atoms with Crippen molar-refractivity contribution in [3.05, 3.63) is 150 Å². The van der Waals surface area contributed by atoms with Gasteiger partial charge in [0.15, 0.2) is 0 Å². The summed E-state index contributed by atoms with van der Waals surface area (Å²) in [7, 11) is 0. The van der Waals surface area contributed by atoms with Gasteiger partial charge in [-0.05, 0) is 171 Å². The SMILES string of the molecule is CC1(C)CCC(C)(C)c2c(N(c3ccc(-c4ccc5ccccc5c4)cc3)c3ccc4c(c3)C3(c5ccccc5S4)C4CC5CC6CC3C64C5)cccc21. The van der Waals surface area contributed by atoms with Crippen molar-refractivity contribution in [2.24, 2.45) is 29.1 Å². The van der Waals surface area contributed by atoms with Gasteiger partial charge in [0, 0.05) is 26.6 Å². The Balaban J connectivity index is 1.05. The topological polar surface area (TPSA) is 3.24 Å². The van der Waals surface area contributed by atoms with Crippen LogP contribution in [-0.4, -0.2) is 0 Å². The first-order valence-electron chi connectivity index (χ1n) is 20.6. The number of fused-ring (bicyclic) bond motifs is 9. The molecule has 1 aliphatic heterocycles. The summed E-state index contributed by atoms with van der Waals surface area (Å²) >= 11 is 2.02. The molecule has 6 unspecified atom stereocenters. The van der Waals surface area contributed by atoms with Crippen LogP contribution in [0.5, 0.6) is 0 Å². The largest absolute Gasteiger partial charge is 0.310 e. The fraction of sp³-hybridized carbons (Fsp3) is 0.346. The summed E-state index contributed by atoms with van der Waals surface area (Å²) in [5.74, 6) is 3.48. The third kappa shape index (κ3) is 3.98. The predicted octanol–water partition coefficient (Wildman–Crippen LogP) is 14.1. The summed E-state index contributed by atoms with van der Waals surface area (Å²) in [5.41, 5.74) is 13.6. The van der Waals surface area contributed by atoms with Crippen LogP contribution in [0.3, 0.4) is 0 Å². The number of benzene rings is 6. The first kappa shape index (κ1) is 32.0. The lowest BCUT2D eigenvalue weighted by atomic mass is 9.26. The van der Waals surface area contributed by atoms with Gasteiger partial charge < -0.3 is 4.90 Å². The Morgan fingerprint density at radius 2 is 1.26 bits per heavy atom. The maximum Gasteiger partial charge on any atom is 0.0502 e. The molecule has 6 atom stereocenters. The molecule has 2 heteroatoms. The Kier molecular flexibility index (Phi) is 6.36. The first-order chi connectivity index (χ1) is 26.2. The minimum Gasteiger partial charge on any atom is -0.310 e. The van der Waals surface area contributed by atoms with Crippen LogP contribution in [0.15, 0.2) is 137 Å². The summed E-state index contributed by atoms with van der Waals surface area (Å²) < 4.78 is 0. The second-order valence-electron chi connectivity index (χ2n) is 19.3. The van der Waals surface area contributed by atoms with Gasteiger partial charge in [-0.1, -0.05) is 118 Å². The van der Waals surface area contributed by atoms with E-state index in [0.717, 1.165) is 23.7 Å². The van der Waals surface area contributed by atoms with E-state index >= 15 is 0 Å². The molecular weight excluding hydrogens is 671 g/mol. The number of anilines is 3. The number of rotatable bonds is 4. The molecule has 4 fully saturated rings. The highest BCUT2D eigenvalue weighted by molar-refractivity contribution is 7.99. The van der Waals surface area contributed by atoms with Crippen molar-refractivity contribution in [3.63, 3.8) is 0 Å². The molecule has 0 radical (unpaired) electrons. The quantitative estimate of drug-likeness (QED) is 0.178. The van der Waals surface area contributed by atoms with E-state index in [1.807, 2.05) is 11.8 Å². The Morgan fingerprint density at radius 1 is 0.556 bits per heavy atom. The molecule has 2 spiro atoms. The molecule has 2 bridgehead atoms. The first-order valence-corrected chi connectivity index (χ1v) is 21.5. The van der Waals surface area contributed by atoms with E-state index in [1.54, 1.807) is 11.1 Å². The highest BCUT2D eigenvalue weighted by Gasteiger charge is 2.84. The number of hydrogen-bond donors (Lipinski definition) is 0. The van der Waals surface area contributed by atoms with Gasteiger partial charge in [-0.25, -0.2) is 0 Å². The van der Waals surface area contributed by atoms with E-state index in [1.165, 1.54) is 98.4 Å². The molecule has 0 saturated heterocycles. The molecule has 12 rings (SSSR count). The van der Waals surface area contributed by atoms with E-state index < -0.39 is 0 Å². The van der Waals surface area contributed by atoms with Crippen molar-refractivity contribution < 1.29 is 0 Å². The van der Waals surface area contributed by atoms with Crippen LogP contribution in [0.1, 0.15) is 88.5 Å². The zero-order chi connectivity index (χ0) is 36.2. The zero-order valence-corrected chi connectivity index (χ0v) is 32.8. The monoisotopic (exact) mass is 719 g/mol. The zero-order valence-electron chi connectivity index (χ0n) is 32.0. The molecular formula is C52H49NS. The Bertz CT molecular complexity index is 2540. The van der Waals surface area contributed by atoms with Gasteiger partial charge in [0.25, 0.3) is 0 Å². The fourth-order valence-corrected chi connectivity index (χ4v) is 14.9. The molecule has 6 aliphatic rings. The summed E-state index contributed by atoms with van der Waals surface area (Å²) in [6.07, 6.45) is 8.24. The van der Waals surface area contributed by atoms with Crippen molar-refractivity contribution in [2.45, 2.75) is 92.3 Å². The summed E-state index contributed by atoms with van der Waals surface area (Å²) in [4.78, 5) is 5.63. The van der Waals surface area contributed by atoms with Crippen LogP contribution in [0.25, 0.3) is 21.9 Å². The van der Waals surface area contributed by atoms with Crippen LogP contribution < -0.4 is 4.90 Å². The van der Waals surface area contributed by atoms with Gasteiger partial charge in [0.05, 0.1) is 5.69 Å². The van der Waals surface area contributed by atoms with E-state index in [4.69, 9.17) is 0 Å². The van der Waals surface area contributed by atoms with Crippen molar-refractivity contribution in [1.29, 1.82) is 0 Å². The molecule has 6 aromatic rings. The Labute approximate surface area is 325 Å². The van der Waals surface area contributed by atoms with E-state index in [-0.39, 0.29) is 16.2 Å². The standard InChI is InChI=1S/C52H49NS/c1-49(2)24-25-50(3,4)48-41(49)13-9-14-43(48)53(38-20-18-34(19-21-38)36-17-16-33-10-5-6-11-35(33)28-36)39-22-23-45-42(30-39)52(40-12-7-8-15-44(40)54-45)46-27-32-26-37-29-47(52)51(37,46)31-32/h5-23,28,30,32,37,46-47H,24-27,29,31H2,1-4H3. The molecule has 4 saturated carbocycles. The van der Waals surface area contributed by atoms with Crippen LogP contribution >= 0.6 is 11.8 Å². The molecule has 268 valence electrons. The number of nitrogens with zero attached hydrogens (tertiary/aromatic N) is 1. The molecule has 6 aromatic carbocycles. The highest BCUT2D eigenvalue weighted by Crippen LogP contribution is 2.89. The molecule has 1 nitrogen and oxygen atoms in total. The molecule has 0 N–H and O–H groups in total. The van der Waals surface area contributed by atoms with E-state index in [9.17, 15) is 0 Å². The normalized spacial score (nSPS) is 29.8. The molecule has 0 aromatic heterocycles. The lowest BCUT2D eigenvalue weighted by molar-refractivity contribution is -0.235. The van der Waals surface area contributed by atoms with Crippen molar-refractivity contribution >= 4 is 39.6 Å². The second-order valence-corrected chi connectivity index (χ2v) is 20.3. The molecule has 0 amide bonds. The summed E-state index contributed by atoms with van der Waals surface area (Å²) in [5, 5.41) is 2.57. The maximum absolute atomic E-state index is 2.68. The minimum absolute atomic E-state index is 0.0688.